The van der Waals surface area contributed by atoms with E-state index < -0.39 is 0 Å². The zero-order valence-electron chi connectivity index (χ0n) is 16.0. The molecule has 3 aromatic heterocycles. The second-order valence-corrected chi connectivity index (χ2v) is 7.51. The molecule has 4 rings (SSSR count). The molecule has 0 saturated heterocycles. The van der Waals surface area contributed by atoms with Gasteiger partial charge in [0.1, 0.15) is 23.0 Å². The van der Waals surface area contributed by atoms with Crippen molar-refractivity contribution in [2.75, 3.05) is 26.1 Å². The molecule has 0 fully saturated rings. The van der Waals surface area contributed by atoms with E-state index in [1.807, 2.05) is 56.3 Å². The van der Waals surface area contributed by atoms with E-state index in [-0.39, 0.29) is 5.56 Å². The first-order chi connectivity index (χ1) is 13.5. The number of fused-ring (bicyclic) bond motifs is 3. The average Bonchev–Trinajstić information content (AvgIpc) is 3.08. The van der Waals surface area contributed by atoms with Crippen LogP contribution in [0.1, 0.15) is 12.5 Å². The molecule has 142 valence electrons. The summed E-state index contributed by atoms with van der Waals surface area (Å²) in [6.07, 6.45) is 3.33. The molecule has 0 aliphatic carbocycles. The Morgan fingerprint density at radius 3 is 2.82 bits per heavy atom. The van der Waals surface area contributed by atoms with E-state index in [1.54, 1.807) is 17.1 Å². The van der Waals surface area contributed by atoms with Gasteiger partial charge in [-0.15, -0.1) is 11.3 Å². The number of hydrogen-bond donors (Lipinski definition) is 0. The van der Waals surface area contributed by atoms with Gasteiger partial charge in [0, 0.05) is 25.9 Å². The van der Waals surface area contributed by atoms with Crippen LogP contribution in [-0.4, -0.2) is 41.5 Å². The van der Waals surface area contributed by atoms with Crippen LogP contribution in [0, 0.1) is 0 Å². The number of thiophene rings is 1. The van der Waals surface area contributed by atoms with Gasteiger partial charge in [0.05, 0.1) is 28.0 Å². The van der Waals surface area contributed by atoms with Gasteiger partial charge in [-0.05, 0) is 25.1 Å². The molecule has 3 heterocycles. The van der Waals surface area contributed by atoms with Crippen LogP contribution >= 0.6 is 11.3 Å². The fourth-order valence-electron chi connectivity index (χ4n) is 3.16. The Kier molecular flexibility index (Phi) is 4.56. The Morgan fingerprint density at radius 1 is 1.25 bits per heavy atom. The molecular formula is C20H19N5O2S. The maximum atomic E-state index is 13.2. The zero-order valence-corrected chi connectivity index (χ0v) is 16.8. The third-order valence-corrected chi connectivity index (χ3v) is 5.59. The van der Waals surface area contributed by atoms with Crippen molar-refractivity contribution in [3.8, 4) is 5.69 Å². The molecule has 0 atom stereocenters. The molecule has 0 unspecified atom stereocenters. The summed E-state index contributed by atoms with van der Waals surface area (Å²) in [5, 5.41) is 4.87. The third kappa shape index (κ3) is 2.91. The summed E-state index contributed by atoms with van der Waals surface area (Å²) in [5.41, 5.74) is 3.89. The summed E-state index contributed by atoms with van der Waals surface area (Å²) in [4.78, 5) is 29.9. The van der Waals surface area contributed by atoms with E-state index in [0.717, 1.165) is 32.9 Å². The summed E-state index contributed by atoms with van der Waals surface area (Å²) in [5.74, 6) is 0. The first-order valence-corrected chi connectivity index (χ1v) is 9.47. The monoisotopic (exact) mass is 393 g/mol. The highest BCUT2D eigenvalue weighted by atomic mass is 32.1. The molecule has 0 aliphatic heterocycles. The molecule has 0 saturated carbocycles. The third-order valence-electron chi connectivity index (χ3n) is 4.51. The number of nitrogens with zero attached hydrogens (tertiary/aromatic N) is 5. The molecule has 1 aromatic carbocycles. The minimum absolute atomic E-state index is 0.115. The van der Waals surface area contributed by atoms with Gasteiger partial charge in [-0.25, -0.2) is 9.97 Å². The van der Waals surface area contributed by atoms with Gasteiger partial charge in [0.2, 0.25) is 0 Å². The molecule has 28 heavy (non-hydrogen) atoms. The van der Waals surface area contributed by atoms with Gasteiger partial charge in [0.25, 0.3) is 5.56 Å². The number of aromatic nitrogens is 3. The van der Waals surface area contributed by atoms with E-state index in [2.05, 4.69) is 15.1 Å². The highest BCUT2D eigenvalue weighted by Crippen LogP contribution is 2.35. The Balaban J connectivity index is 1.94. The standard InChI is InChI=1S/C20H19N5O2S/c1-12(23-27-4)13-6-5-7-14(10-13)25-11-22-17-16-15(24(2)3)8-9-21-19(16)28-18(17)20(25)26/h5-11H,1-4H3. The van der Waals surface area contributed by atoms with Crippen LogP contribution in [0.4, 0.5) is 5.69 Å². The molecule has 0 spiro atoms. The van der Waals surface area contributed by atoms with Crippen LogP contribution in [0.3, 0.4) is 0 Å². The minimum Gasteiger partial charge on any atom is -0.399 e. The average molecular weight is 393 g/mol. The lowest BCUT2D eigenvalue weighted by Gasteiger charge is -2.13. The van der Waals surface area contributed by atoms with Crippen LogP contribution in [0.5, 0.6) is 0 Å². The van der Waals surface area contributed by atoms with Crippen LogP contribution in [-0.2, 0) is 4.84 Å². The second-order valence-electron chi connectivity index (χ2n) is 6.51. The van der Waals surface area contributed by atoms with Crippen molar-refractivity contribution >= 4 is 43.2 Å². The van der Waals surface area contributed by atoms with Crippen molar-refractivity contribution in [3.63, 3.8) is 0 Å². The number of anilines is 1. The molecular weight excluding hydrogens is 374 g/mol. The van der Waals surface area contributed by atoms with E-state index in [0.29, 0.717) is 10.2 Å². The largest absolute Gasteiger partial charge is 0.399 e. The quantitative estimate of drug-likeness (QED) is 0.392. The summed E-state index contributed by atoms with van der Waals surface area (Å²) in [6, 6.07) is 9.50. The summed E-state index contributed by atoms with van der Waals surface area (Å²) < 4.78 is 2.14. The van der Waals surface area contributed by atoms with Gasteiger partial charge < -0.3 is 9.74 Å². The second kappa shape index (κ2) is 7.05. The Morgan fingerprint density at radius 2 is 2.07 bits per heavy atom. The lowest BCUT2D eigenvalue weighted by Crippen LogP contribution is -2.18. The summed E-state index contributed by atoms with van der Waals surface area (Å²) in [6.45, 7) is 1.85. The van der Waals surface area contributed by atoms with Gasteiger partial charge in [0.15, 0.2) is 0 Å². The number of oxime groups is 1. The molecule has 4 aromatic rings. The van der Waals surface area contributed by atoms with E-state index in [1.165, 1.54) is 18.4 Å². The fourth-order valence-corrected chi connectivity index (χ4v) is 4.21. The molecule has 0 bridgehead atoms. The maximum Gasteiger partial charge on any atom is 0.275 e. The fraction of sp³-hybridized carbons (Fsp3) is 0.200. The van der Waals surface area contributed by atoms with Crippen molar-refractivity contribution in [1.82, 2.24) is 14.5 Å². The molecule has 0 radical (unpaired) electrons. The molecule has 7 nitrogen and oxygen atoms in total. The smallest absolute Gasteiger partial charge is 0.275 e. The van der Waals surface area contributed by atoms with Crippen molar-refractivity contribution in [2.45, 2.75) is 6.92 Å². The molecule has 0 N–H and O–H groups in total. The van der Waals surface area contributed by atoms with E-state index in [9.17, 15) is 4.79 Å². The Hall–Kier alpha value is -3.26. The summed E-state index contributed by atoms with van der Waals surface area (Å²) in [7, 11) is 5.44. The predicted octanol–water partition coefficient (Wildman–Crippen LogP) is 3.43. The SMILES string of the molecule is CON=C(C)c1cccc(-n2cnc3c(sc4nccc(N(C)C)c43)c2=O)c1. The Labute approximate surface area is 165 Å². The molecule has 0 aliphatic rings. The number of pyridine rings is 1. The van der Waals surface area contributed by atoms with Gasteiger partial charge >= 0.3 is 0 Å². The van der Waals surface area contributed by atoms with Crippen molar-refractivity contribution < 1.29 is 4.84 Å². The number of hydrogen-bond acceptors (Lipinski definition) is 7. The maximum absolute atomic E-state index is 13.2. The van der Waals surface area contributed by atoms with Crippen molar-refractivity contribution in [1.29, 1.82) is 0 Å². The lowest BCUT2D eigenvalue weighted by atomic mass is 10.1. The predicted molar refractivity (Wildman–Crippen MR) is 114 cm³/mol. The number of benzene rings is 1. The Bertz CT molecular complexity index is 1270. The van der Waals surface area contributed by atoms with E-state index in [4.69, 9.17) is 4.84 Å². The summed E-state index contributed by atoms with van der Waals surface area (Å²) >= 11 is 1.37. The molecule has 8 heteroatoms. The van der Waals surface area contributed by atoms with Crippen molar-refractivity contribution in [2.24, 2.45) is 5.16 Å². The van der Waals surface area contributed by atoms with Gasteiger partial charge in [-0.3, -0.25) is 9.36 Å². The highest BCUT2D eigenvalue weighted by molar-refractivity contribution is 7.25. The first kappa shape index (κ1) is 18.1. The van der Waals surface area contributed by atoms with Crippen LogP contribution < -0.4 is 10.5 Å². The van der Waals surface area contributed by atoms with Crippen LogP contribution in [0.25, 0.3) is 26.1 Å². The van der Waals surface area contributed by atoms with Crippen LogP contribution in [0.15, 0.2) is 52.8 Å². The van der Waals surface area contributed by atoms with E-state index >= 15 is 0 Å². The topological polar surface area (TPSA) is 72.6 Å². The van der Waals surface area contributed by atoms with Gasteiger partial charge in [-0.2, -0.15) is 0 Å². The molecule has 0 amide bonds. The minimum atomic E-state index is -0.115. The normalized spacial score (nSPS) is 11.9. The van der Waals surface area contributed by atoms with Crippen molar-refractivity contribution in [3.05, 3.63) is 58.8 Å². The van der Waals surface area contributed by atoms with Crippen LogP contribution in [0.2, 0.25) is 0 Å². The highest BCUT2D eigenvalue weighted by Gasteiger charge is 2.17. The zero-order chi connectivity index (χ0) is 19.8. The van der Waals surface area contributed by atoms with Gasteiger partial charge in [-0.1, -0.05) is 17.3 Å². The lowest BCUT2D eigenvalue weighted by molar-refractivity contribution is 0.213. The first-order valence-electron chi connectivity index (χ1n) is 8.66. The number of rotatable bonds is 4.